The Labute approximate surface area is 131 Å². The lowest BCUT2D eigenvalue weighted by Gasteiger charge is -2.17. The van der Waals surface area contributed by atoms with Gasteiger partial charge in [0.1, 0.15) is 18.1 Å². The zero-order valence-electron chi connectivity index (χ0n) is 13.0. The van der Waals surface area contributed by atoms with Crippen LogP contribution in [-0.2, 0) is 6.61 Å². The maximum absolute atomic E-state index is 11.8. The van der Waals surface area contributed by atoms with E-state index in [-0.39, 0.29) is 6.09 Å². The maximum Gasteiger partial charge on any atom is 0.415 e. The topological polar surface area (TPSA) is 38.8 Å². The number of rotatable bonds is 6. The number of benzene rings is 2. The smallest absolute Gasteiger partial charge is 0.415 e. The molecule has 0 aliphatic rings. The second-order valence-electron chi connectivity index (χ2n) is 4.79. The second-order valence-corrected chi connectivity index (χ2v) is 4.79. The number of nitrogens with zero attached hydrogens (tertiary/aromatic N) is 1. The van der Waals surface area contributed by atoms with E-state index in [1.807, 2.05) is 44.2 Å². The van der Waals surface area contributed by atoms with Gasteiger partial charge in [0, 0.05) is 13.1 Å². The Kier molecular flexibility index (Phi) is 5.83. The highest BCUT2D eigenvalue weighted by Gasteiger charge is 2.11. The van der Waals surface area contributed by atoms with E-state index in [9.17, 15) is 4.79 Å². The molecule has 0 radical (unpaired) electrons. The van der Waals surface area contributed by atoms with Gasteiger partial charge in [-0.3, -0.25) is 0 Å². The molecule has 0 heterocycles. The van der Waals surface area contributed by atoms with Gasteiger partial charge in [-0.25, -0.2) is 4.79 Å². The van der Waals surface area contributed by atoms with Crippen LogP contribution < -0.4 is 9.47 Å². The van der Waals surface area contributed by atoms with Gasteiger partial charge in [0.25, 0.3) is 0 Å². The molecule has 0 unspecified atom stereocenters. The molecule has 0 bridgehead atoms. The van der Waals surface area contributed by atoms with Crippen molar-refractivity contribution in [3.63, 3.8) is 0 Å². The molecule has 0 fully saturated rings. The fourth-order valence-electron chi connectivity index (χ4n) is 1.99. The fourth-order valence-corrected chi connectivity index (χ4v) is 1.99. The summed E-state index contributed by atoms with van der Waals surface area (Å²) in [6.07, 6.45) is -0.331. The largest absolute Gasteiger partial charge is 0.489 e. The average Bonchev–Trinajstić information content (AvgIpc) is 2.56. The minimum Gasteiger partial charge on any atom is -0.489 e. The number of carbonyl (C=O) groups excluding carboxylic acids is 1. The molecule has 0 aliphatic heterocycles. The Morgan fingerprint density at radius 1 is 0.909 bits per heavy atom. The number of ether oxygens (including phenoxy) is 2. The molecule has 0 spiro atoms. The molecule has 4 heteroatoms. The highest BCUT2D eigenvalue weighted by atomic mass is 16.6. The van der Waals surface area contributed by atoms with Gasteiger partial charge in [0.15, 0.2) is 0 Å². The highest BCUT2D eigenvalue weighted by Crippen LogP contribution is 2.19. The van der Waals surface area contributed by atoms with Gasteiger partial charge in [-0.1, -0.05) is 30.3 Å². The van der Waals surface area contributed by atoms with Crippen molar-refractivity contribution < 1.29 is 14.3 Å². The molecule has 22 heavy (non-hydrogen) atoms. The third-order valence-corrected chi connectivity index (χ3v) is 3.30. The lowest BCUT2D eigenvalue weighted by Crippen LogP contribution is -2.33. The summed E-state index contributed by atoms with van der Waals surface area (Å²) in [5.74, 6) is 1.26. The van der Waals surface area contributed by atoms with Gasteiger partial charge in [-0.05, 0) is 43.7 Å². The Morgan fingerprint density at radius 2 is 1.50 bits per heavy atom. The molecule has 1 amide bonds. The van der Waals surface area contributed by atoms with Crippen molar-refractivity contribution in [1.82, 2.24) is 4.90 Å². The van der Waals surface area contributed by atoms with Crippen LogP contribution in [0.15, 0.2) is 54.6 Å². The molecule has 116 valence electrons. The van der Waals surface area contributed by atoms with E-state index in [1.165, 1.54) is 0 Å². The summed E-state index contributed by atoms with van der Waals surface area (Å²) in [6, 6.07) is 17.0. The third-order valence-electron chi connectivity index (χ3n) is 3.30. The summed E-state index contributed by atoms with van der Waals surface area (Å²) < 4.78 is 11.0. The lowest BCUT2D eigenvalue weighted by atomic mass is 10.2. The zero-order valence-corrected chi connectivity index (χ0v) is 13.0. The minimum atomic E-state index is -0.331. The first-order valence-electron chi connectivity index (χ1n) is 7.46. The van der Waals surface area contributed by atoms with E-state index >= 15 is 0 Å². The molecule has 0 saturated carbocycles. The van der Waals surface area contributed by atoms with Crippen LogP contribution in [0.25, 0.3) is 0 Å². The van der Waals surface area contributed by atoms with Crippen molar-refractivity contribution in [2.24, 2.45) is 0 Å². The Hall–Kier alpha value is -2.49. The van der Waals surface area contributed by atoms with Crippen molar-refractivity contribution in [2.75, 3.05) is 13.1 Å². The molecular weight excluding hydrogens is 278 g/mol. The molecule has 2 aromatic carbocycles. The van der Waals surface area contributed by atoms with E-state index in [1.54, 1.807) is 29.2 Å². The third kappa shape index (κ3) is 4.52. The summed E-state index contributed by atoms with van der Waals surface area (Å²) in [5, 5.41) is 0. The zero-order chi connectivity index (χ0) is 15.8. The highest BCUT2D eigenvalue weighted by molar-refractivity contribution is 5.70. The first kappa shape index (κ1) is 15.9. The molecule has 0 aliphatic carbocycles. The van der Waals surface area contributed by atoms with E-state index in [0.29, 0.717) is 25.4 Å². The maximum atomic E-state index is 11.8. The van der Waals surface area contributed by atoms with Crippen LogP contribution in [0.3, 0.4) is 0 Å². The van der Waals surface area contributed by atoms with E-state index in [0.717, 1.165) is 11.3 Å². The van der Waals surface area contributed by atoms with Crippen LogP contribution in [0, 0.1) is 0 Å². The fraction of sp³-hybridized carbons (Fsp3) is 0.278. The molecule has 0 aromatic heterocycles. The van der Waals surface area contributed by atoms with Crippen LogP contribution in [0.1, 0.15) is 19.4 Å². The van der Waals surface area contributed by atoms with E-state index in [4.69, 9.17) is 9.47 Å². The Bertz CT molecular complexity index is 577. The SMILES string of the molecule is CCN(CC)C(=O)Oc1ccc(OCc2ccccc2)cc1. The summed E-state index contributed by atoms with van der Waals surface area (Å²) in [4.78, 5) is 13.5. The van der Waals surface area contributed by atoms with E-state index < -0.39 is 0 Å². The van der Waals surface area contributed by atoms with Gasteiger partial charge < -0.3 is 14.4 Å². The minimum absolute atomic E-state index is 0.331. The van der Waals surface area contributed by atoms with Crippen molar-refractivity contribution >= 4 is 6.09 Å². The van der Waals surface area contributed by atoms with Crippen LogP contribution in [-0.4, -0.2) is 24.1 Å². The lowest BCUT2D eigenvalue weighted by molar-refractivity contribution is 0.157. The molecule has 4 nitrogen and oxygen atoms in total. The molecular formula is C18H21NO3. The Morgan fingerprint density at radius 3 is 2.09 bits per heavy atom. The van der Waals surface area contributed by atoms with Crippen molar-refractivity contribution in [3.8, 4) is 11.5 Å². The number of hydrogen-bond acceptors (Lipinski definition) is 3. The van der Waals surface area contributed by atoms with Gasteiger partial charge in [0.2, 0.25) is 0 Å². The van der Waals surface area contributed by atoms with Crippen molar-refractivity contribution in [2.45, 2.75) is 20.5 Å². The molecule has 0 saturated heterocycles. The van der Waals surface area contributed by atoms with Crippen molar-refractivity contribution in [3.05, 3.63) is 60.2 Å². The average molecular weight is 299 g/mol. The summed E-state index contributed by atoms with van der Waals surface area (Å²) >= 11 is 0. The van der Waals surface area contributed by atoms with Gasteiger partial charge in [-0.2, -0.15) is 0 Å². The van der Waals surface area contributed by atoms with E-state index in [2.05, 4.69) is 0 Å². The number of carbonyl (C=O) groups is 1. The van der Waals surface area contributed by atoms with Crippen molar-refractivity contribution in [1.29, 1.82) is 0 Å². The summed E-state index contributed by atoms with van der Waals surface area (Å²) in [6.45, 7) is 5.62. The van der Waals surface area contributed by atoms with Gasteiger partial charge in [-0.15, -0.1) is 0 Å². The first-order valence-corrected chi connectivity index (χ1v) is 7.46. The first-order chi connectivity index (χ1) is 10.7. The van der Waals surface area contributed by atoms with Gasteiger partial charge >= 0.3 is 6.09 Å². The molecule has 0 N–H and O–H groups in total. The summed E-state index contributed by atoms with van der Waals surface area (Å²) in [7, 11) is 0. The van der Waals surface area contributed by atoms with Crippen LogP contribution in [0.2, 0.25) is 0 Å². The molecule has 2 aromatic rings. The molecule has 0 atom stereocenters. The monoisotopic (exact) mass is 299 g/mol. The van der Waals surface area contributed by atoms with Crippen LogP contribution in [0.4, 0.5) is 4.79 Å². The standard InChI is InChI=1S/C18H21NO3/c1-3-19(4-2)18(20)22-17-12-10-16(11-13-17)21-14-15-8-6-5-7-9-15/h5-13H,3-4,14H2,1-2H3. The van der Waals surface area contributed by atoms with Crippen LogP contribution >= 0.6 is 0 Å². The predicted octanol–water partition coefficient (Wildman–Crippen LogP) is 4.11. The van der Waals surface area contributed by atoms with Gasteiger partial charge in [0.05, 0.1) is 0 Å². The Balaban J connectivity index is 1.89. The number of hydrogen-bond donors (Lipinski definition) is 0. The summed E-state index contributed by atoms with van der Waals surface area (Å²) in [5.41, 5.74) is 1.11. The number of amides is 1. The second kappa shape index (κ2) is 8.08. The molecule has 2 rings (SSSR count). The normalized spacial score (nSPS) is 10.1. The van der Waals surface area contributed by atoms with Crippen LogP contribution in [0.5, 0.6) is 11.5 Å². The predicted molar refractivity (Wildman–Crippen MR) is 86.2 cm³/mol. The quantitative estimate of drug-likeness (QED) is 0.806.